The molecular weight excluding hydrogens is 333 g/mol. The number of carbonyl (C=O) groups is 2. The molecule has 1 fully saturated rings. The zero-order valence-corrected chi connectivity index (χ0v) is 14.5. The average Bonchev–Trinajstić information content (AvgIpc) is 2.68. The molecule has 0 spiro atoms. The minimum Gasteiger partial charge on any atom is -0.376 e. The van der Waals surface area contributed by atoms with E-state index in [0.717, 1.165) is 25.9 Å². The van der Waals surface area contributed by atoms with Gasteiger partial charge in [-0.05, 0) is 67.8 Å². The van der Waals surface area contributed by atoms with Gasteiger partial charge in [-0.2, -0.15) is 0 Å². The van der Waals surface area contributed by atoms with Crippen molar-refractivity contribution in [2.45, 2.75) is 19.3 Å². The molecule has 1 heterocycles. The Bertz CT molecular complexity index is 754. The molecule has 0 atom stereocenters. The van der Waals surface area contributed by atoms with Gasteiger partial charge in [0.2, 0.25) is 5.91 Å². The first-order valence-corrected chi connectivity index (χ1v) is 8.80. The van der Waals surface area contributed by atoms with Crippen LogP contribution in [-0.4, -0.2) is 36.3 Å². The molecule has 2 aromatic rings. The van der Waals surface area contributed by atoms with Gasteiger partial charge in [-0.3, -0.25) is 9.59 Å². The number of benzene rings is 2. The van der Waals surface area contributed by atoms with Crippen LogP contribution in [0.3, 0.4) is 0 Å². The smallest absolute Gasteiger partial charge is 0.253 e. The summed E-state index contributed by atoms with van der Waals surface area (Å²) < 4.78 is 12.8. The molecule has 2 aromatic carbocycles. The van der Waals surface area contributed by atoms with E-state index < -0.39 is 0 Å². The summed E-state index contributed by atoms with van der Waals surface area (Å²) in [5.41, 5.74) is 1.93. The van der Waals surface area contributed by atoms with Crippen LogP contribution in [0.5, 0.6) is 0 Å². The van der Waals surface area contributed by atoms with Crippen LogP contribution in [0.4, 0.5) is 15.8 Å². The van der Waals surface area contributed by atoms with Gasteiger partial charge >= 0.3 is 0 Å². The fourth-order valence-electron chi connectivity index (χ4n) is 2.93. The molecule has 1 aliphatic rings. The van der Waals surface area contributed by atoms with Crippen molar-refractivity contribution in [2.24, 2.45) is 0 Å². The molecule has 0 aliphatic carbocycles. The topological polar surface area (TPSA) is 61.4 Å². The lowest BCUT2D eigenvalue weighted by Crippen LogP contribution is -2.35. The SMILES string of the molecule is O=C(CNc1ccc(F)cc1)Nc1ccc(C(=O)N2CCCCC2)cc1. The van der Waals surface area contributed by atoms with E-state index in [0.29, 0.717) is 16.9 Å². The van der Waals surface area contributed by atoms with Crippen molar-refractivity contribution in [1.29, 1.82) is 0 Å². The predicted octanol–water partition coefficient (Wildman–Crippen LogP) is 3.50. The Hall–Kier alpha value is -2.89. The van der Waals surface area contributed by atoms with Crippen LogP contribution in [0.25, 0.3) is 0 Å². The standard InChI is InChI=1S/C20H22FN3O2/c21-16-6-10-17(11-7-16)22-14-19(25)23-18-8-4-15(5-9-18)20(26)24-12-2-1-3-13-24/h4-11,22H,1-3,12-14H2,(H,23,25). The Morgan fingerprint density at radius 3 is 2.15 bits per heavy atom. The lowest BCUT2D eigenvalue weighted by molar-refractivity contribution is -0.114. The van der Waals surface area contributed by atoms with E-state index in [4.69, 9.17) is 0 Å². The number of hydrogen-bond acceptors (Lipinski definition) is 3. The Morgan fingerprint density at radius 2 is 1.50 bits per heavy atom. The van der Waals surface area contributed by atoms with Crippen molar-refractivity contribution in [3.05, 3.63) is 59.9 Å². The number of likely N-dealkylation sites (tertiary alicyclic amines) is 1. The molecule has 0 radical (unpaired) electrons. The first kappa shape index (κ1) is 17.9. The molecule has 136 valence electrons. The first-order chi connectivity index (χ1) is 12.6. The number of anilines is 2. The summed E-state index contributed by atoms with van der Waals surface area (Å²) in [6.45, 7) is 1.69. The van der Waals surface area contributed by atoms with Crippen molar-refractivity contribution >= 4 is 23.2 Å². The Balaban J connectivity index is 1.50. The number of piperidine rings is 1. The van der Waals surface area contributed by atoms with E-state index in [2.05, 4.69) is 10.6 Å². The highest BCUT2D eigenvalue weighted by molar-refractivity contribution is 5.96. The van der Waals surface area contributed by atoms with Crippen LogP contribution in [-0.2, 0) is 4.79 Å². The molecule has 5 nitrogen and oxygen atoms in total. The van der Waals surface area contributed by atoms with Crippen molar-refractivity contribution < 1.29 is 14.0 Å². The Labute approximate surface area is 152 Å². The van der Waals surface area contributed by atoms with Crippen LogP contribution in [0.1, 0.15) is 29.6 Å². The molecule has 0 unspecified atom stereocenters. The third-order valence-electron chi connectivity index (χ3n) is 4.36. The maximum absolute atomic E-state index is 12.8. The van der Waals surface area contributed by atoms with Crippen LogP contribution in [0.2, 0.25) is 0 Å². The highest BCUT2D eigenvalue weighted by atomic mass is 19.1. The summed E-state index contributed by atoms with van der Waals surface area (Å²) in [5.74, 6) is -0.496. The third-order valence-corrected chi connectivity index (χ3v) is 4.36. The minimum absolute atomic E-state index is 0.0422. The van der Waals surface area contributed by atoms with Gasteiger partial charge in [-0.15, -0.1) is 0 Å². The quantitative estimate of drug-likeness (QED) is 0.863. The summed E-state index contributed by atoms with van der Waals surface area (Å²) in [6, 6.07) is 12.7. The molecule has 2 N–H and O–H groups in total. The maximum atomic E-state index is 12.8. The summed E-state index contributed by atoms with van der Waals surface area (Å²) in [7, 11) is 0. The predicted molar refractivity (Wildman–Crippen MR) is 99.7 cm³/mol. The fraction of sp³-hybridized carbons (Fsp3) is 0.300. The fourth-order valence-corrected chi connectivity index (χ4v) is 2.93. The van der Waals surface area contributed by atoms with E-state index >= 15 is 0 Å². The van der Waals surface area contributed by atoms with E-state index in [1.54, 1.807) is 36.4 Å². The molecule has 0 saturated carbocycles. The summed E-state index contributed by atoms with van der Waals surface area (Å²) in [5, 5.41) is 5.69. The lowest BCUT2D eigenvalue weighted by atomic mass is 10.1. The zero-order valence-electron chi connectivity index (χ0n) is 14.5. The number of hydrogen-bond donors (Lipinski definition) is 2. The minimum atomic E-state index is -0.320. The molecule has 6 heteroatoms. The van der Waals surface area contributed by atoms with Gasteiger partial charge in [-0.25, -0.2) is 4.39 Å². The van der Waals surface area contributed by atoms with Crippen LogP contribution in [0, 0.1) is 5.82 Å². The van der Waals surface area contributed by atoms with E-state index in [9.17, 15) is 14.0 Å². The highest BCUT2D eigenvalue weighted by Crippen LogP contribution is 2.15. The van der Waals surface area contributed by atoms with E-state index in [1.807, 2.05) is 4.90 Å². The molecular formula is C20H22FN3O2. The molecule has 1 aliphatic heterocycles. The van der Waals surface area contributed by atoms with Gasteiger partial charge in [0.1, 0.15) is 5.82 Å². The summed E-state index contributed by atoms with van der Waals surface area (Å²) >= 11 is 0. The van der Waals surface area contributed by atoms with Crippen molar-refractivity contribution in [3.63, 3.8) is 0 Å². The van der Waals surface area contributed by atoms with E-state index in [-0.39, 0.29) is 24.2 Å². The van der Waals surface area contributed by atoms with Gasteiger partial charge in [0.15, 0.2) is 0 Å². The first-order valence-electron chi connectivity index (χ1n) is 8.80. The van der Waals surface area contributed by atoms with Crippen molar-refractivity contribution in [3.8, 4) is 0 Å². The van der Waals surface area contributed by atoms with Gasteiger partial charge in [0.25, 0.3) is 5.91 Å². The number of carbonyl (C=O) groups excluding carboxylic acids is 2. The third kappa shape index (κ3) is 4.81. The number of halogens is 1. The highest BCUT2D eigenvalue weighted by Gasteiger charge is 2.17. The summed E-state index contributed by atoms with van der Waals surface area (Å²) in [4.78, 5) is 26.3. The normalized spacial score (nSPS) is 14.0. The van der Waals surface area contributed by atoms with Gasteiger partial charge in [-0.1, -0.05) is 0 Å². The second-order valence-corrected chi connectivity index (χ2v) is 6.34. The number of nitrogens with zero attached hydrogens (tertiary/aromatic N) is 1. The van der Waals surface area contributed by atoms with Crippen molar-refractivity contribution in [1.82, 2.24) is 4.90 Å². The molecule has 26 heavy (non-hydrogen) atoms. The molecule has 0 bridgehead atoms. The van der Waals surface area contributed by atoms with Crippen molar-refractivity contribution in [2.75, 3.05) is 30.3 Å². The van der Waals surface area contributed by atoms with Gasteiger partial charge < -0.3 is 15.5 Å². The van der Waals surface area contributed by atoms with E-state index in [1.165, 1.54) is 18.6 Å². The number of nitrogens with one attached hydrogen (secondary N) is 2. The Kier molecular flexibility index (Phi) is 5.84. The average molecular weight is 355 g/mol. The number of rotatable bonds is 5. The lowest BCUT2D eigenvalue weighted by Gasteiger charge is -2.26. The Morgan fingerprint density at radius 1 is 0.885 bits per heavy atom. The van der Waals surface area contributed by atoms with Crippen LogP contribution < -0.4 is 10.6 Å². The maximum Gasteiger partial charge on any atom is 0.253 e. The zero-order chi connectivity index (χ0) is 18.4. The largest absolute Gasteiger partial charge is 0.376 e. The second-order valence-electron chi connectivity index (χ2n) is 6.34. The van der Waals surface area contributed by atoms with Gasteiger partial charge in [0.05, 0.1) is 6.54 Å². The molecule has 3 rings (SSSR count). The molecule has 1 saturated heterocycles. The summed E-state index contributed by atoms with van der Waals surface area (Å²) in [6.07, 6.45) is 3.29. The monoisotopic (exact) mass is 355 g/mol. The molecule has 0 aromatic heterocycles. The van der Waals surface area contributed by atoms with Crippen LogP contribution >= 0.6 is 0 Å². The van der Waals surface area contributed by atoms with Crippen LogP contribution in [0.15, 0.2) is 48.5 Å². The van der Waals surface area contributed by atoms with Gasteiger partial charge in [0, 0.05) is 30.0 Å². The second kappa shape index (κ2) is 8.47. The molecule has 2 amide bonds. The number of amides is 2.